The predicted octanol–water partition coefficient (Wildman–Crippen LogP) is 2.29. The van der Waals surface area contributed by atoms with E-state index >= 15 is 0 Å². The van der Waals surface area contributed by atoms with Crippen molar-refractivity contribution >= 4 is 28.6 Å². The summed E-state index contributed by atoms with van der Waals surface area (Å²) in [5.41, 5.74) is 1.18. The number of aliphatic hydroxyl groups is 1. The maximum absolute atomic E-state index is 13.7. The molecular weight excluding hydrogens is 297 g/mol. The van der Waals surface area contributed by atoms with Crippen LogP contribution in [0, 0.1) is 5.82 Å². The lowest BCUT2D eigenvalue weighted by atomic mass is 10.1. The van der Waals surface area contributed by atoms with Gasteiger partial charge in [0.25, 0.3) is 0 Å². The van der Waals surface area contributed by atoms with Gasteiger partial charge < -0.3 is 15.4 Å². The van der Waals surface area contributed by atoms with Crippen LogP contribution >= 0.6 is 11.6 Å². The smallest absolute Gasteiger partial charge is 0.162 e. The molecule has 1 atom stereocenters. The molecule has 0 saturated carbocycles. The number of hydrogen-bond acceptors (Lipinski definition) is 5. The van der Waals surface area contributed by atoms with Crippen molar-refractivity contribution in [1.82, 2.24) is 19.9 Å². The molecule has 0 spiro atoms. The molecule has 0 fully saturated rings. The largest absolute Gasteiger partial charge is 0.386 e. The van der Waals surface area contributed by atoms with Gasteiger partial charge in [0, 0.05) is 17.1 Å². The maximum Gasteiger partial charge on any atom is 0.162 e. The Morgan fingerprint density at radius 1 is 1.33 bits per heavy atom. The summed E-state index contributed by atoms with van der Waals surface area (Å²) in [5, 5.41) is 13.2. The summed E-state index contributed by atoms with van der Waals surface area (Å²) >= 11 is 5.91. The minimum Gasteiger partial charge on any atom is -0.386 e. The second-order valence-corrected chi connectivity index (χ2v) is 4.76. The molecule has 0 saturated heterocycles. The summed E-state index contributed by atoms with van der Waals surface area (Å²) in [6, 6.07) is 4.26. The third-order valence-corrected chi connectivity index (χ3v) is 3.34. The molecule has 2 aromatic heterocycles. The zero-order valence-corrected chi connectivity index (χ0v) is 11.5. The molecule has 108 valence electrons. The molecule has 0 bridgehead atoms. The number of imidazole rings is 1. The van der Waals surface area contributed by atoms with Gasteiger partial charge in [0.05, 0.1) is 6.33 Å². The van der Waals surface area contributed by atoms with Crippen LogP contribution in [0.1, 0.15) is 11.7 Å². The van der Waals surface area contributed by atoms with Gasteiger partial charge in [0.15, 0.2) is 11.5 Å². The zero-order chi connectivity index (χ0) is 14.8. The Kier molecular flexibility index (Phi) is 3.68. The Balaban J connectivity index is 1.80. The number of aromatic nitrogens is 4. The monoisotopic (exact) mass is 307 g/mol. The molecule has 0 amide bonds. The molecule has 2 heterocycles. The molecule has 3 aromatic rings. The summed E-state index contributed by atoms with van der Waals surface area (Å²) in [6.07, 6.45) is 1.75. The van der Waals surface area contributed by atoms with Gasteiger partial charge in [0.1, 0.15) is 23.8 Å². The van der Waals surface area contributed by atoms with E-state index in [1.165, 1.54) is 30.9 Å². The quantitative estimate of drug-likeness (QED) is 0.688. The number of aromatic amines is 1. The predicted molar refractivity (Wildman–Crippen MR) is 76.5 cm³/mol. The highest BCUT2D eigenvalue weighted by atomic mass is 35.5. The standard InChI is InChI=1S/C13H11ClFN5O/c14-7-2-1-3-8(15)10(7)9(21)4-16-12-11-13(18-5-17-11)20-6-19-12/h1-3,5-6,9,21H,4H2,(H2,16,17,18,19,20). The molecule has 3 N–H and O–H groups in total. The average Bonchev–Trinajstić information content (AvgIpc) is 2.93. The molecule has 21 heavy (non-hydrogen) atoms. The lowest BCUT2D eigenvalue weighted by Gasteiger charge is -2.14. The van der Waals surface area contributed by atoms with Gasteiger partial charge in [-0.1, -0.05) is 17.7 Å². The van der Waals surface area contributed by atoms with Crippen molar-refractivity contribution in [1.29, 1.82) is 0 Å². The Bertz CT molecular complexity index is 758. The number of rotatable bonds is 4. The molecule has 0 radical (unpaired) electrons. The van der Waals surface area contributed by atoms with E-state index in [0.29, 0.717) is 17.0 Å². The van der Waals surface area contributed by atoms with Crippen LogP contribution in [-0.2, 0) is 0 Å². The fourth-order valence-corrected chi connectivity index (χ4v) is 2.31. The third-order valence-electron chi connectivity index (χ3n) is 3.01. The van der Waals surface area contributed by atoms with Gasteiger partial charge in [-0.25, -0.2) is 19.3 Å². The Labute approximate surface area is 124 Å². The lowest BCUT2D eigenvalue weighted by molar-refractivity contribution is 0.186. The fraction of sp³-hybridized carbons (Fsp3) is 0.154. The molecule has 6 nitrogen and oxygen atoms in total. The second-order valence-electron chi connectivity index (χ2n) is 4.35. The highest BCUT2D eigenvalue weighted by Crippen LogP contribution is 2.26. The van der Waals surface area contributed by atoms with Crippen molar-refractivity contribution in [2.75, 3.05) is 11.9 Å². The van der Waals surface area contributed by atoms with Crippen LogP contribution in [0.25, 0.3) is 11.2 Å². The highest BCUT2D eigenvalue weighted by Gasteiger charge is 2.17. The highest BCUT2D eigenvalue weighted by molar-refractivity contribution is 6.31. The van der Waals surface area contributed by atoms with Crippen molar-refractivity contribution in [3.8, 4) is 0 Å². The van der Waals surface area contributed by atoms with Crippen molar-refractivity contribution < 1.29 is 9.50 Å². The molecule has 0 aliphatic heterocycles. The molecule has 0 aliphatic carbocycles. The first-order chi connectivity index (χ1) is 10.2. The molecule has 8 heteroatoms. The Morgan fingerprint density at radius 3 is 3.00 bits per heavy atom. The summed E-state index contributed by atoms with van der Waals surface area (Å²) in [4.78, 5) is 15.0. The van der Waals surface area contributed by atoms with E-state index in [0.717, 1.165) is 0 Å². The van der Waals surface area contributed by atoms with Crippen molar-refractivity contribution in [3.05, 3.63) is 47.3 Å². The van der Waals surface area contributed by atoms with E-state index in [4.69, 9.17) is 11.6 Å². The summed E-state index contributed by atoms with van der Waals surface area (Å²) in [7, 11) is 0. The number of aliphatic hydroxyl groups excluding tert-OH is 1. The molecule has 1 unspecified atom stereocenters. The topological polar surface area (TPSA) is 86.7 Å². The minimum absolute atomic E-state index is 0.0413. The fourth-order valence-electron chi connectivity index (χ4n) is 2.02. The van der Waals surface area contributed by atoms with E-state index in [-0.39, 0.29) is 17.1 Å². The average molecular weight is 308 g/mol. The van der Waals surface area contributed by atoms with E-state index in [2.05, 4.69) is 25.3 Å². The van der Waals surface area contributed by atoms with Crippen LogP contribution < -0.4 is 5.32 Å². The minimum atomic E-state index is -1.11. The van der Waals surface area contributed by atoms with Crippen molar-refractivity contribution in [2.24, 2.45) is 0 Å². The third kappa shape index (κ3) is 2.65. The van der Waals surface area contributed by atoms with Crippen LogP contribution in [0.4, 0.5) is 10.2 Å². The summed E-state index contributed by atoms with van der Waals surface area (Å²) in [5.74, 6) is -0.0998. The van der Waals surface area contributed by atoms with E-state index in [1.807, 2.05) is 0 Å². The second kappa shape index (κ2) is 5.63. The number of nitrogens with one attached hydrogen (secondary N) is 2. The molecule has 1 aromatic carbocycles. The number of benzene rings is 1. The SMILES string of the molecule is OC(CNc1ncnc2[nH]cnc12)c1c(F)cccc1Cl. The van der Waals surface area contributed by atoms with E-state index in [1.54, 1.807) is 0 Å². The van der Waals surface area contributed by atoms with Gasteiger partial charge in [-0.15, -0.1) is 0 Å². The van der Waals surface area contributed by atoms with Crippen LogP contribution in [0.3, 0.4) is 0 Å². The molecule has 3 rings (SSSR count). The van der Waals surface area contributed by atoms with Gasteiger partial charge in [-0.2, -0.15) is 0 Å². The zero-order valence-electron chi connectivity index (χ0n) is 10.7. The van der Waals surface area contributed by atoms with Crippen molar-refractivity contribution in [2.45, 2.75) is 6.10 Å². The number of halogens is 2. The first kappa shape index (κ1) is 13.7. The normalized spacial score (nSPS) is 12.5. The van der Waals surface area contributed by atoms with E-state index in [9.17, 15) is 9.50 Å². The number of anilines is 1. The maximum atomic E-state index is 13.7. The Morgan fingerprint density at radius 2 is 2.19 bits per heavy atom. The Hall–Kier alpha value is -2.25. The van der Waals surface area contributed by atoms with Gasteiger partial charge in [-0.05, 0) is 12.1 Å². The number of hydrogen-bond donors (Lipinski definition) is 3. The molecule has 0 aliphatic rings. The number of H-pyrrole nitrogens is 1. The van der Waals surface area contributed by atoms with Crippen LogP contribution in [-0.4, -0.2) is 31.6 Å². The van der Waals surface area contributed by atoms with Crippen molar-refractivity contribution in [3.63, 3.8) is 0 Å². The van der Waals surface area contributed by atoms with E-state index < -0.39 is 11.9 Å². The van der Waals surface area contributed by atoms with Crippen LogP contribution in [0.2, 0.25) is 5.02 Å². The summed E-state index contributed by atoms with van der Waals surface area (Å²) in [6.45, 7) is 0.0413. The van der Waals surface area contributed by atoms with Crippen LogP contribution in [0.5, 0.6) is 0 Å². The summed E-state index contributed by atoms with van der Waals surface area (Å²) < 4.78 is 13.7. The first-order valence-electron chi connectivity index (χ1n) is 6.16. The molecular formula is C13H11ClFN5O. The number of nitrogens with zero attached hydrogens (tertiary/aromatic N) is 3. The number of fused-ring (bicyclic) bond motifs is 1. The van der Waals surface area contributed by atoms with Gasteiger partial charge in [-0.3, -0.25) is 0 Å². The first-order valence-corrected chi connectivity index (χ1v) is 6.54. The van der Waals surface area contributed by atoms with Gasteiger partial charge >= 0.3 is 0 Å². The van der Waals surface area contributed by atoms with Crippen LogP contribution in [0.15, 0.2) is 30.9 Å². The van der Waals surface area contributed by atoms with Gasteiger partial charge in [0.2, 0.25) is 0 Å². The lowest BCUT2D eigenvalue weighted by Crippen LogP contribution is -2.15.